The molecular formula is C23H23ClN2O9. The van der Waals surface area contributed by atoms with Gasteiger partial charge in [-0.15, -0.1) is 0 Å². The van der Waals surface area contributed by atoms with E-state index in [2.05, 4.69) is 10.6 Å². The van der Waals surface area contributed by atoms with Crippen LogP contribution in [0.1, 0.15) is 22.0 Å². The minimum absolute atomic E-state index is 0.0332. The fourth-order valence-electron chi connectivity index (χ4n) is 3.42. The lowest BCUT2D eigenvalue weighted by atomic mass is 9.98. The van der Waals surface area contributed by atoms with Gasteiger partial charge in [-0.25, -0.2) is 4.79 Å². The van der Waals surface area contributed by atoms with E-state index in [0.29, 0.717) is 10.7 Å². The van der Waals surface area contributed by atoms with Crippen molar-refractivity contribution in [3.05, 3.63) is 64.7 Å². The van der Waals surface area contributed by atoms with Crippen molar-refractivity contribution in [1.82, 2.24) is 5.32 Å². The maximum Gasteiger partial charge on any atom is 0.343 e. The number of benzene rings is 3. The lowest BCUT2D eigenvalue weighted by Gasteiger charge is -2.28. The van der Waals surface area contributed by atoms with Crippen LogP contribution in [0.25, 0.3) is 11.1 Å². The van der Waals surface area contributed by atoms with E-state index >= 15 is 0 Å². The monoisotopic (exact) mass is 506 g/mol. The predicted molar refractivity (Wildman–Crippen MR) is 126 cm³/mol. The van der Waals surface area contributed by atoms with Crippen molar-refractivity contribution in [1.29, 1.82) is 0 Å². The van der Waals surface area contributed by atoms with Gasteiger partial charge in [0.15, 0.2) is 11.5 Å². The summed E-state index contributed by atoms with van der Waals surface area (Å²) in [6.45, 7) is 0.0856. The molecule has 35 heavy (non-hydrogen) atoms. The first-order chi connectivity index (χ1) is 16.4. The summed E-state index contributed by atoms with van der Waals surface area (Å²) in [7, 11) is 0. The summed E-state index contributed by atoms with van der Waals surface area (Å²) >= 11 is 5.86. The van der Waals surface area contributed by atoms with Gasteiger partial charge in [0.05, 0.1) is 5.56 Å². The van der Waals surface area contributed by atoms with Crippen LogP contribution in [-0.4, -0.2) is 65.8 Å². The molecule has 0 aromatic heterocycles. The van der Waals surface area contributed by atoms with Gasteiger partial charge in [0.1, 0.15) is 17.4 Å². The molecule has 12 heteroatoms. The zero-order chi connectivity index (χ0) is 25.9. The molecule has 0 saturated carbocycles. The highest BCUT2D eigenvalue weighted by molar-refractivity contribution is 6.30. The van der Waals surface area contributed by atoms with Crippen molar-refractivity contribution in [3.63, 3.8) is 0 Å². The summed E-state index contributed by atoms with van der Waals surface area (Å²) in [6.07, 6.45) is -1.69. The molecule has 3 aromatic rings. The number of hydrogen-bond acceptors (Lipinski definition) is 10. The minimum atomic E-state index is -2.66. The highest BCUT2D eigenvalue weighted by Crippen LogP contribution is 2.51. The van der Waals surface area contributed by atoms with Crippen molar-refractivity contribution in [2.24, 2.45) is 0 Å². The summed E-state index contributed by atoms with van der Waals surface area (Å²) in [5, 5.41) is 85.6. The first-order valence-electron chi connectivity index (χ1n) is 10.1. The van der Waals surface area contributed by atoms with Crippen molar-refractivity contribution in [2.75, 3.05) is 18.4 Å². The van der Waals surface area contributed by atoms with E-state index in [1.165, 1.54) is 30.3 Å². The normalized spacial score (nSPS) is 12.3. The Morgan fingerprint density at radius 2 is 1.60 bits per heavy atom. The molecular weight excluding hydrogens is 484 g/mol. The summed E-state index contributed by atoms with van der Waals surface area (Å²) in [5.41, 5.74) is -0.657. The Labute approximate surface area is 203 Å². The fourth-order valence-corrected chi connectivity index (χ4v) is 3.62. The maximum atomic E-state index is 11.4. The number of nitrogens with one attached hydrogen (secondary N) is 2. The van der Waals surface area contributed by atoms with Gasteiger partial charge >= 0.3 is 5.97 Å². The van der Waals surface area contributed by atoms with Gasteiger partial charge in [0, 0.05) is 23.8 Å². The quantitative estimate of drug-likeness (QED) is 0.0878. The Kier molecular flexibility index (Phi) is 7.58. The zero-order valence-corrected chi connectivity index (χ0v) is 18.7. The predicted octanol–water partition coefficient (Wildman–Crippen LogP) is 1.90. The SMILES string of the molecule is O=C(O)c1c(O)c(O)c(O)c(-c2cccc(NCCNC(O)(O)C(O)c3cccc(Cl)c3)c2)c1O. The largest absolute Gasteiger partial charge is 0.506 e. The number of aliphatic hydroxyl groups is 3. The van der Waals surface area contributed by atoms with Crippen LogP contribution in [0.4, 0.5) is 5.69 Å². The van der Waals surface area contributed by atoms with Crippen LogP contribution in [0, 0.1) is 0 Å². The van der Waals surface area contributed by atoms with Gasteiger partial charge in [-0.3, -0.25) is 5.32 Å². The average molecular weight is 507 g/mol. The molecule has 0 amide bonds. The third-order valence-corrected chi connectivity index (χ3v) is 5.38. The van der Waals surface area contributed by atoms with E-state index in [0.717, 1.165) is 0 Å². The number of anilines is 1. The summed E-state index contributed by atoms with van der Waals surface area (Å²) in [4.78, 5) is 11.4. The van der Waals surface area contributed by atoms with E-state index in [9.17, 15) is 45.6 Å². The van der Waals surface area contributed by atoms with Gasteiger partial charge < -0.3 is 46.2 Å². The molecule has 0 fully saturated rings. The summed E-state index contributed by atoms with van der Waals surface area (Å²) in [5.74, 6) is -8.50. The second-order valence-corrected chi connectivity index (χ2v) is 8.00. The molecule has 1 unspecified atom stereocenters. The molecule has 0 heterocycles. The van der Waals surface area contributed by atoms with Crippen LogP contribution in [0.2, 0.25) is 5.02 Å². The molecule has 0 bridgehead atoms. The highest BCUT2D eigenvalue weighted by atomic mass is 35.5. The van der Waals surface area contributed by atoms with Crippen molar-refractivity contribution in [2.45, 2.75) is 12.0 Å². The van der Waals surface area contributed by atoms with Gasteiger partial charge in [-0.2, -0.15) is 0 Å². The van der Waals surface area contributed by atoms with E-state index < -0.39 is 52.1 Å². The van der Waals surface area contributed by atoms with E-state index in [-0.39, 0.29) is 24.2 Å². The standard InChI is InChI=1S/C23H23ClN2O9/c24-13-5-1-4-12(9-13)21(31)23(34,35)26-8-7-25-14-6-2-3-11(10-14)15-17(27)16(22(32)33)19(29)20(30)18(15)28/h1-6,9-10,21,25-31,34-35H,7-8H2,(H,32,33). The van der Waals surface area contributed by atoms with Gasteiger partial charge in [-0.1, -0.05) is 35.9 Å². The van der Waals surface area contributed by atoms with Crippen LogP contribution >= 0.6 is 11.6 Å². The maximum absolute atomic E-state index is 11.4. The fraction of sp³-hybridized carbons (Fsp3) is 0.174. The number of aromatic carboxylic acids is 1. The van der Waals surface area contributed by atoms with Crippen LogP contribution < -0.4 is 10.6 Å². The number of carboxylic acid groups (broad SMARTS) is 1. The number of rotatable bonds is 9. The van der Waals surface area contributed by atoms with Crippen LogP contribution in [0.5, 0.6) is 23.0 Å². The van der Waals surface area contributed by atoms with Crippen LogP contribution in [0.3, 0.4) is 0 Å². The molecule has 11 nitrogen and oxygen atoms in total. The number of carboxylic acids is 1. The lowest BCUT2D eigenvalue weighted by Crippen LogP contribution is -2.51. The molecule has 0 aliphatic heterocycles. The third kappa shape index (κ3) is 5.50. The number of hydrogen-bond donors (Lipinski definition) is 10. The molecule has 0 spiro atoms. The smallest absolute Gasteiger partial charge is 0.343 e. The van der Waals surface area contributed by atoms with E-state index in [4.69, 9.17) is 11.6 Å². The van der Waals surface area contributed by atoms with Gasteiger partial charge in [0.2, 0.25) is 5.75 Å². The molecule has 0 aliphatic carbocycles. The topological polar surface area (TPSA) is 203 Å². The Morgan fingerprint density at radius 1 is 0.914 bits per heavy atom. The van der Waals surface area contributed by atoms with Crippen molar-refractivity contribution < 1.29 is 45.6 Å². The van der Waals surface area contributed by atoms with Crippen molar-refractivity contribution in [3.8, 4) is 34.1 Å². The second kappa shape index (κ2) is 10.3. The lowest BCUT2D eigenvalue weighted by molar-refractivity contribution is -0.247. The van der Waals surface area contributed by atoms with E-state index in [1.54, 1.807) is 18.2 Å². The zero-order valence-electron chi connectivity index (χ0n) is 18.0. The number of halogens is 1. The average Bonchev–Trinajstić information content (AvgIpc) is 2.80. The molecule has 186 valence electrons. The second-order valence-electron chi connectivity index (χ2n) is 7.57. The number of phenols is 4. The Hall–Kier alpha value is -3.74. The van der Waals surface area contributed by atoms with Crippen LogP contribution in [-0.2, 0) is 0 Å². The number of carbonyl (C=O) groups is 1. The Morgan fingerprint density at radius 3 is 2.26 bits per heavy atom. The summed E-state index contributed by atoms with van der Waals surface area (Å²) in [6, 6.07) is 11.9. The molecule has 1 atom stereocenters. The number of aliphatic hydroxyl groups excluding tert-OH is 1. The molecule has 10 N–H and O–H groups in total. The van der Waals surface area contributed by atoms with Gasteiger partial charge in [-0.05, 0) is 35.4 Å². The number of phenolic OH excluding ortho intramolecular Hbond substituents is 2. The Bertz CT molecular complexity index is 1250. The van der Waals surface area contributed by atoms with Crippen molar-refractivity contribution >= 4 is 23.3 Å². The highest BCUT2D eigenvalue weighted by Gasteiger charge is 2.34. The molecule has 0 aliphatic rings. The van der Waals surface area contributed by atoms with Crippen LogP contribution in [0.15, 0.2) is 48.5 Å². The number of aromatic hydroxyl groups is 4. The molecule has 3 aromatic carbocycles. The molecule has 3 rings (SSSR count). The minimum Gasteiger partial charge on any atom is -0.506 e. The first kappa shape index (κ1) is 25.9. The van der Waals surface area contributed by atoms with E-state index in [1.807, 2.05) is 0 Å². The third-order valence-electron chi connectivity index (χ3n) is 5.15. The van der Waals surface area contributed by atoms with Gasteiger partial charge in [0.25, 0.3) is 5.91 Å². The molecule has 0 radical (unpaired) electrons. The summed E-state index contributed by atoms with van der Waals surface area (Å²) < 4.78 is 0. The first-order valence-corrected chi connectivity index (χ1v) is 10.5. The molecule has 0 saturated heterocycles. The Balaban J connectivity index is 1.72.